The Morgan fingerprint density at radius 3 is 2.85 bits per heavy atom. The number of carbonyl (C=O) groups is 1. The van der Waals surface area contributed by atoms with Gasteiger partial charge in [0, 0.05) is 39.5 Å². The smallest absolute Gasteiger partial charge is 0.256 e. The molecule has 2 rings (SSSR count). The Bertz CT molecular complexity index is 584. The van der Waals surface area contributed by atoms with Gasteiger partial charge in [0.2, 0.25) is 17.1 Å². The van der Waals surface area contributed by atoms with Gasteiger partial charge < -0.3 is 10.2 Å². The van der Waals surface area contributed by atoms with E-state index in [1.807, 2.05) is 0 Å². The minimum Gasteiger partial charge on any atom is -0.354 e. The topological polar surface area (TPSA) is 88.8 Å². The molecule has 0 bridgehead atoms. The molecule has 2 aromatic rings. The monoisotopic (exact) mass is 295 g/mol. The molecule has 8 nitrogen and oxygen atoms in total. The summed E-state index contributed by atoms with van der Waals surface area (Å²) in [4.78, 5) is 25.1. The lowest BCUT2D eigenvalue weighted by molar-refractivity contribution is -0.128. The number of nitrogens with zero attached hydrogens (tertiary/aromatic N) is 6. The zero-order chi connectivity index (χ0) is 14.5. The lowest BCUT2D eigenvalue weighted by Crippen LogP contribution is -2.24. The molecule has 0 aliphatic heterocycles. The molecular weight excluding hydrogens is 282 g/mol. The second-order valence-electron chi connectivity index (χ2n) is 4.14. The Morgan fingerprint density at radius 2 is 2.20 bits per heavy atom. The summed E-state index contributed by atoms with van der Waals surface area (Å²) in [5, 5.41) is 7.02. The highest BCUT2D eigenvalue weighted by Crippen LogP contribution is 2.08. The summed E-state index contributed by atoms with van der Waals surface area (Å²) in [5.41, 5.74) is 0. The summed E-state index contributed by atoms with van der Waals surface area (Å²) in [7, 11) is 3.41. The van der Waals surface area contributed by atoms with Gasteiger partial charge in [-0.25, -0.2) is 4.68 Å². The highest BCUT2D eigenvalue weighted by Gasteiger charge is 2.08. The normalized spacial score (nSPS) is 10.3. The quantitative estimate of drug-likeness (QED) is 0.869. The molecule has 0 spiro atoms. The van der Waals surface area contributed by atoms with Gasteiger partial charge in [-0.3, -0.25) is 4.79 Å². The van der Waals surface area contributed by atoms with Crippen molar-refractivity contribution in [3.63, 3.8) is 0 Å². The summed E-state index contributed by atoms with van der Waals surface area (Å²) < 4.78 is 1.48. The molecule has 2 heterocycles. The number of halogens is 1. The number of amides is 1. The fourth-order valence-electron chi connectivity index (χ4n) is 1.41. The maximum absolute atomic E-state index is 11.4. The maximum Gasteiger partial charge on any atom is 0.256 e. The fraction of sp³-hybridized carbons (Fsp3) is 0.364. The molecule has 0 unspecified atom stereocenters. The molecule has 1 amide bonds. The van der Waals surface area contributed by atoms with Crippen LogP contribution in [0.3, 0.4) is 0 Å². The van der Waals surface area contributed by atoms with Crippen LogP contribution in [0.25, 0.3) is 5.95 Å². The van der Waals surface area contributed by atoms with Gasteiger partial charge in [0.25, 0.3) is 5.95 Å². The zero-order valence-corrected chi connectivity index (χ0v) is 11.9. The molecular formula is C11H14ClN7O. The van der Waals surface area contributed by atoms with E-state index in [1.54, 1.807) is 32.6 Å². The largest absolute Gasteiger partial charge is 0.354 e. The molecule has 0 aliphatic rings. The molecule has 9 heteroatoms. The molecule has 0 atom stereocenters. The third kappa shape index (κ3) is 3.64. The summed E-state index contributed by atoms with van der Waals surface area (Å²) in [6.45, 7) is 0.413. The van der Waals surface area contributed by atoms with E-state index in [-0.39, 0.29) is 11.2 Å². The van der Waals surface area contributed by atoms with Crippen LogP contribution in [-0.2, 0) is 4.79 Å². The van der Waals surface area contributed by atoms with E-state index >= 15 is 0 Å². The number of aromatic nitrogens is 5. The number of anilines is 1. The predicted molar refractivity (Wildman–Crippen MR) is 73.8 cm³/mol. The van der Waals surface area contributed by atoms with Gasteiger partial charge in [-0.05, 0) is 17.7 Å². The first kappa shape index (κ1) is 14.2. The highest BCUT2D eigenvalue weighted by atomic mass is 35.5. The predicted octanol–water partition coefficient (Wildman–Crippen LogP) is 0.601. The first-order valence-corrected chi connectivity index (χ1v) is 6.29. The SMILES string of the molecule is CN(C)C(=O)CCNc1nc(Cl)nc(-n2cccn2)n1. The Hall–Kier alpha value is -2.22. The Morgan fingerprint density at radius 1 is 1.40 bits per heavy atom. The van der Waals surface area contributed by atoms with Crippen LogP contribution in [0.1, 0.15) is 6.42 Å². The van der Waals surface area contributed by atoms with Crippen molar-refractivity contribution >= 4 is 23.5 Å². The molecule has 0 radical (unpaired) electrons. The molecule has 0 aliphatic carbocycles. The third-order valence-corrected chi connectivity index (χ3v) is 2.60. The van der Waals surface area contributed by atoms with E-state index in [0.717, 1.165) is 0 Å². The number of nitrogens with one attached hydrogen (secondary N) is 1. The van der Waals surface area contributed by atoms with Gasteiger partial charge in [-0.1, -0.05) is 0 Å². The fourth-order valence-corrected chi connectivity index (χ4v) is 1.57. The second-order valence-corrected chi connectivity index (χ2v) is 4.48. The van der Waals surface area contributed by atoms with Gasteiger partial charge in [0.05, 0.1) is 0 Å². The van der Waals surface area contributed by atoms with Gasteiger partial charge in [-0.2, -0.15) is 20.1 Å². The van der Waals surface area contributed by atoms with Crippen LogP contribution in [0.2, 0.25) is 5.28 Å². The first-order valence-electron chi connectivity index (χ1n) is 5.92. The van der Waals surface area contributed by atoms with Crippen molar-refractivity contribution in [3.8, 4) is 5.95 Å². The van der Waals surface area contributed by atoms with E-state index in [4.69, 9.17) is 11.6 Å². The van der Waals surface area contributed by atoms with Crippen molar-refractivity contribution < 1.29 is 4.79 Å². The van der Waals surface area contributed by atoms with Crippen LogP contribution in [0.15, 0.2) is 18.5 Å². The minimum absolute atomic E-state index is 0.0185. The van der Waals surface area contributed by atoms with Gasteiger partial charge in [-0.15, -0.1) is 0 Å². The Balaban J connectivity index is 2.04. The standard InChI is InChI=1S/C11H14ClN7O/c1-18(2)8(20)4-6-13-10-15-9(12)16-11(17-10)19-7-3-5-14-19/h3,5,7H,4,6H2,1-2H3,(H,13,15,16,17). The zero-order valence-electron chi connectivity index (χ0n) is 11.1. The Labute approximate surface area is 120 Å². The van der Waals surface area contributed by atoms with Crippen LogP contribution in [0, 0.1) is 0 Å². The van der Waals surface area contributed by atoms with Gasteiger partial charge >= 0.3 is 0 Å². The van der Waals surface area contributed by atoms with E-state index in [9.17, 15) is 4.79 Å². The first-order chi connectivity index (χ1) is 9.56. The molecule has 20 heavy (non-hydrogen) atoms. The van der Waals surface area contributed by atoms with E-state index in [1.165, 1.54) is 9.58 Å². The van der Waals surface area contributed by atoms with Crippen molar-refractivity contribution in [2.24, 2.45) is 0 Å². The van der Waals surface area contributed by atoms with Crippen molar-refractivity contribution in [1.82, 2.24) is 29.6 Å². The molecule has 0 fully saturated rings. The molecule has 0 saturated carbocycles. The molecule has 0 saturated heterocycles. The van der Waals surface area contributed by atoms with Crippen LogP contribution in [0.4, 0.5) is 5.95 Å². The number of rotatable bonds is 5. The van der Waals surface area contributed by atoms with Crippen molar-refractivity contribution in [2.45, 2.75) is 6.42 Å². The van der Waals surface area contributed by atoms with E-state index in [0.29, 0.717) is 24.9 Å². The Kier molecular flexibility index (Phi) is 4.46. The lowest BCUT2D eigenvalue weighted by Gasteiger charge is -2.10. The lowest BCUT2D eigenvalue weighted by atomic mass is 10.4. The summed E-state index contributed by atoms with van der Waals surface area (Å²) >= 11 is 5.84. The summed E-state index contributed by atoms with van der Waals surface area (Å²) in [5.74, 6) is 0.642. The second kappa shape index (κ2) is 6.29. The highest BCUT2D eigenvalue weighted by molar-refractivity contribution is 6.28. The van der Waals surface area contributed by atoms with Crippen LogP contribution >= 0.6 is 11.6 Å². The molecule has 2 aromatic heterocycles. The number of carbonyl (C=O) groups excluding carboxylic acids is 1. The van der Waals surface area contributed by atoms with E-state index in [2.05, 4.69) is 25.4 Å². The average Bonchev–Trinajstić information content (AvgIpc) is 2.91. The van der Waals surface area contributed by atoms with Gasteiger partial charge in [0.1, 0.15) is 0 Å². The van der Waals surface area contributed by atoms with Crippen LogP contribution < -0.4 is 5.32 Å². The molecule has 106 valence electrons. The third-order valence-electron chi connectivity index (χ3n) is 2.43. The van der Waals surface area contributed by atoms with E-state index < -0.39 is 0 Å². The number of hydrogen-bond acceptors (Lipinski definition) is 6. The molecule has 1 N–H and O–H groups in total. The maximum atomic E-state index is 11.4. The summed E-state index contributed by atoms with van der Waals surface area (Å²) in [6, 6.07) is 1.75. The number of hydrogen-bond donors (Lipinski definition) is 1. The van der Waals surface area contributed by atoms with Crippen molar-refractivity contribution in [1.29, 1.82) is 0 Å². The van der Waals surface area contributed by atoms with Crippen molar-refractivity contribution in [3.05, 3.63) is 23.7 Å². The molecule has 0 aromatic carbocycles. The summed E-state index contributed by atoms with van der Waals surface area (Å²) in [6.07, 6.45) is 3.65. The van der Waals surface area contributed by atoms with Crippen LogP contribution in [0.5, 0.6) is 0 Å². The average molecular weight is 296 g/mol. The minimum atomic E-state index is 0.0185. The van der Waals surface area contributed by atoms with Crippen molar-refractivity contribution in [2.75, 3.05) is 26.0 Å². The van der Waals surface area contributed by atoms with Gasteiger partial charge in [0.15, 0.2) is 0 Å². The van der Waals surface area contributed by atoms with Crippen LogP contribution in [-0.4, -0.2) is 56.2 Å².